The van der Waals surface area contributed by atoms with Gasteiger partial charge in [0.2, 0.25) is 5.91 Å². The first-order valence-electron chi connectivity index (χ1n) is 6.99. The van der Waals surface area contributed by atoms with E-state index in [0.717, 1.165) is 0 Å². The lowest BCUT2D eigenvalue weighted by Gasteiger charge is -2.35. The highest BCUT2D eigenvalue weighted by Gasteiger charge is 2.43. The summed E-state index contributed by atoms with van der Waals surface area (Å²) >= 11 is 1.24. The first-order valence-corrected chi connectivity index (χ1v) is 7.87. The van der Waals surface area contributed by atoms with Gasteiger partial charge >= 0.3 is 6.18 Å². The molecule has 0 spiro atoms. The lowest BCUT2D eigenvalue weighted by Crippen LogP contribution is -2.51. The maximum Gasteiger partial charge on any atom is 0.393 e. The van der Waals surface area contributed by atoms with Gasteiger partial charge < -0.3 is 10.2 Å². The van der Waals surface area contributed by atoms with Crippen LogP contribution < -0.4 is 5.32 Å². The molecule has 0 radical (unpaired) electrons. The maximum absolute atomic E-state index is 12.8. The zero-order valence-electron chi connectivity index (χ0n) is 12.0. The standard InChI is InChI=1S/C14H17F3N2O2S/c1-9(18-12(20)11-5-3-7-22-11)13(21)19-6-2-4-10(8-19)14(15,16)17/h3,5,7,9-10H,2,4,6,8H2,1H3,(H,18,20)/t9-,10-/m0/s1. The summed E-state index contributed by atoms with van der Waals surface area (Å²) < 4.78 is 38.3. The van der Waals surface area contributed by atoms with E-state index in [1.165, 1.54) is 23.2 Å². The highest BCUT2D eigenvalue weighted by atomic mass is 32.1. The molecule has 0 bridgehead atoms. The summed E-state index contributed by atoms with van der Waals surface area (Å²) in [6.07, 6.45) is -3.92. The second-order valence-electron chi connectivity index (χ2n) is 5.34. The van der Waals surface area contributed by atoms with E-state index in [-0.39, 0.29) is 18.9 Å². The number of nitrogens with zero attached hydrogens (tertiary/aromatic N) is 1. The van der Waals surface area contributed by atoms with Gasteiger partial charge in [0.05, 0.1) is 10.8 Å². The molecule has 0 aromatic carbocycles. The van der Waals surface area contributed by atoms with Crippen molar-refractivity contribution in [2.24, 2.45) is 5.92 Å². The molecular formula is C14H17F3N2O2S. The van der Waals surface area contributed by atoms with Crippen LogP contribution in [0.3, 0.4) is 0 Å². The van der Waals surface area contributed by atoms with Gasteiger partial charge in [0, 0.05) is 13.1 Å². The first-order chi connectivity index (χ1) is 10.3. The third-order valence-electron chi connectivity index (χ3n) is 3.66. The van der Waals surface area contributed by atoms with E-state index in [1.54, 1.807) is 17.5 Å². The van der Waals surface area contributed by atoms with E-state index in [1.807, 2.05) is 0 Å². The number of hydrogen-bond acceptors (Lipinski definition) is 3. The summed E-state index contributed by atoms with van der Waals surface area (Å²) in [7, 11) is 0. The average Bonchev–Trinajstić information content (AvgIpc) is 3.00. The van der Waals surface area contributed by atoms with Gasteiger partial charge in [-0.05, 0) is 31.2 Å². The third kappa shape index (κ3) is 4.00. The van der Waals surface area contributed by atoms with Crippen LogP contribution in [0.25, 0.3) is 0 Å². The average molecular weight is 334 g/mol. The SMILES string of the molecule is C[C@H](NC(=O)c1cccs1)C(=O)N1CCC[C@H](C(F)(F)F)C1. The Morgan fingerprint density at radius 3 is 2.77 bits per heavy atom. The monoisotopic (exact) mass is 334 g/mol. The fraction of sp³-hybridized carbons (Fsp3) is 0.571. The lowest BCUT2D eigenvalue weighted by molar-refractivity contribution is -0.188. The molecule has 0 saturated carbocycles. The van der Waals surface area contributed by atoms with Crippen molar-refractivity contribution in [3.63, 3.8) is 0 Å². The molecule has 1 N–H and O–H groups in total. The van der Waals surface area contributed by atoms with E-state index < -0.39 is 24.0 Å². The number of amides is 2. The molecule has 1 fully saturated rings. The zero-order chi connectivity index (χ0) is 16.3. The van der Waals surface area contributed by atoms with Gasteiger partial charge in [-0.15, -0.1) is 11.3 Å². The van der Waals surface area contributed by atoms with Gasteiger partial charge in [-0.25, -0.2) is 0 Å². The Morgan fingerprint density at radius 1 is 1.45 bits per heavy atom. The summed E-state index contributed by atoms with van der Waals surface area (Å²) in [5.41, 5.74) is 0. The van der Waals surface area contributed by atoms with Gasteiger partial charge in [0.25, 0.3) is 5.91 Å². The molecule has 1 aliphatic rings. The minimum atomic E-state index is -4.29. The second-order valence-corrected chi connectivity index (χ2v) is 6.29. The zero-order valence-corrected chi connectivity index (χ0v) is 12.8. The molecule has 4 nitrogen and oxygen atoms in total. The molecule has 0 unspecified atom stereocenters. The predicted octanol–water partition coefficient (Wildman–Crippen LogP) is 2.67. The van der Waals surface area contributed by atoms with Gasteiger partial charge in [-0.1, -0.05) is 6.07 Å². The van der Waals surface area contributed by atoms with Crippen LogP contribution in [0, 0.1) is 5.92 Å². The van der Waals surface area contributed by atoms with Crippen LogP contribution in [0.4, 0.5) is 13.2 Å². The Hall–Kier alpha value is -1.57. The van der Waals surface area contributed by atoms with E-state index in [9.17, 15) is 22.8 Å². The van der Waals surface area contributed by atoms with Crippen molar-refractivity contribution in [3.8, 4) is 0 Å². The van der Waals surface area contributed by atoms with Crippen molar-refractivity contribution in [3.05, 3.63) is 22.4 Å². The second kappa shape index (κ2) is 6.68. The number of carbonyl (C=O) groups is 2. The van der Waals surface area contributed by atoms with Crippen LogP contribution in [0.15, 0.2) is 17.5 Å². The van der Waals surface area contributed by atoms with Crippen molar-refractivity contribution in [2.75, 3.05) is 13.1 Å². The first kappa shape index (κ1) is 16.8. The largest absolute Gasteiger partial charge is 0.393 e. The Labute approximate surface area is 130 Å². The van der Waals surface area contributed by atoms with Crippen LogP contribution in [-0.2, 0) is 4.79 Å². The van der Waals surface area contributed by atoms with Crippen molar-refractivity contribution in [1.82, 2.24) is 10.2 Å². The number of piperidine rings is 1. The van der Waals surface area contributed by atoms with Crippen molar-refractivity contribution >= 4 is 23.2 Å². The molecule has 1 aromatic rings. The molecule has 1 aromatic heterocycles. The molecule has 1 saturated heterocycles. The molecule has 8 heteroatoms. The molecule has 0 aliphatic carbocycles. The number of likely N-dealkylation sites (tertiary alicyclic amines) is 1. The summed E-state index contributed by atoms with van der Waals surface area (Å²) in [5.74, 6) is -2.34. The Balaban J connectivity index is 1.94. The highest BCUT2D eigenvalue weighted by Crippen LogP contribution is 2.33. The highest BCUT2D eigenvalue weighted by molar-refractivity contribution is 7.12. The van der Waals surface area contributed by atoms with Crippen LogP contribution >= 0.6 is 11.3 Å². The van der Waals surface area contributed by atoms with E-state index in [4.69, 9.17) is 0 Å². The van der Waals surface area contributed by atoms with Crippen molar-refractivity contribution in [1.29, 1.82) is 0 Å². The molecule has 122 valence electrons. The fourth-order valence-corrected chi connectivity index (χ4v) is 3.08. The van der Waals surface area contributed by atoms with Crippen LogP contribution in [0.5, 0.6) is 0 Å². The Bertz CT molecular complexity index is 531. The van der Waals surface area contributed by atoms with Gasteiger partial charge in [0.1, 0.15) is 6.04 Å². The van der Waals surface area contributed by atoms with E-state index >= 15 is 0 Å². The molecule has 2 amide bonds. The molecule has 22 heavy (non-hydrogen) atoms. The number of thiophene rings is 1. The number of carbonyl (C=O) groups excluding carboxylic acids is 2. The number of alkyl halides is 3. The minimum absolute atomic E-state index is 0.0449. The quantitative estimate of drug-likeness (QED) is 0.924. The topological polar surface area (TPSA) is 49.4 Å². The summed E-state index contributed by atoms with van der Waals surface area (Å²) in [6.45, 7) is 1.46. The molecule has 2 heterocycles. The lowest BCUT2D eigenvalue weighted by atomic mass is 9.97. The van der Waals surface area contributed by atoms with Gasteiger partial charge in [-0.3, -0.25) is 9.59 Å². The summed E-state index contributed by atoms with van der Waals surface area (Å²) in [4.78, 5) is 25.8. The molecule has 2 rings (SSSR count). The minimum Gasteiger partial charge on any atom is -0.340 e. The number of halogens is 3. The smallest absolute Gasteiger partial charge is 0.340 e. The molecule has 2 atom stereocenters. The Kier molecular flexibility index (Phi) is 5.10. The van der Waals surface area contributed by atoms with Crippen LogP contribution in [0.2, 0.25) is 0 Å². The summed E-state index contributed by atoms with van der Waals surface area (Å²) in [6, 6.07) is 2.49. The molecule has 1 aliphatic heterocycles. The van der Waals surface area contributed by atoms with Crippen molar-refractivity contribution < 1.29 is 22.8 Å². The third-order valence-corrected chi connectivity index (χ3v) is 4.53. The van der Waals surface area contributed by atoms with Gasteiger partial charge in [-0.2, -0.15) is 13.2 Å². The number of hydrogen-bond donors (Lipinski definition) is 1. The number of rotatable bonds is 3. The van der Waals surface area contributed by atoms with Crippen LogP contribution in [0.1, 0.15) is 29.4 Å². The Morgan fingerprint density at radius 2 is 2.18 bits per heavy atom. The number of nitrogens with one attached hydrogen (secondary N) is 1. The predicted molar refractivity (Wildman–Crippen MR) is 76.6 cm³/mol. The normalized spacial score (nSPS) is 20.5. The molecular weight excluding hydrogens is 317 g/mol. The van der Waals surface area contributed by atoms with E-state index in [2.05, 4.69) is 5.32 Å². The van der Waals surface area contributed by atoms with E-state index in [0.29, 0.717) is 17.8 Å². The van der Waals surface area contributed by atoms with Crippen molar-refractivity contribution in [2.45, 2.75) is 32.0 Å². The van der Waals surface area contributed by atoms with Gasteiger partial charge in [0.15, 0.2) is 0 Å². The summed E-state index contributed by atoms with van der Waals surface area (Å²) in [5, 5.41) is 4.27. The maximum atomic E-state index is 12.8. The van der Waals surface area contributed by atoms with Crippen LogP contribution in [-0.4, -0.2) is 42.0 Å². The fourth-order valence-electron chi connectivity index (χ4n) is 2.46.